The van der Waals surface area contributed by atoms with Gasteiger partial charge in [-0.05, 0) is 65.2 Å². The Kier molecular flexibility index (Phi) is 8.98. The van der Waals surface area contributed by atoms with E-state index < -0.39 is 76.0 Å². The third kappa shape index (κ3) is 7.16. The van der Waals surface area contributed by atoms with Crippen LogP contribution >= 0.6 is 0 Å². The minimum atomic E-state index is -5.04. The van der Waals surface area contributed by atoms with Crippen LogP contribution in [0.5, 0.6) is 5.75 Å². The summed E-state index contributed by atoms with van der Waals surface area (Å²) in [7, 11) is 1.19. The molecule has 230 valence electrons. The third-order valence-corrected chi connectivity index (χ3v) is 6.64. The third-order valence-electron chi connectivity index (χ3n) is 6.64. The molecule has 0 heterocycles. The molecule has 5 nitrogen and oxygen atoms in total. The minimum absolute atomic E-state index is 0.180. The molecule has 0 aromatic heterocycles. The van der Waals surface area contributed by atoms with Gasteiger partial charge in [-0.3, -0.25) is 4.79 Å². The van der Waals surface area contributed by atoms with E-state index in [9.17, 15) is 44.7 Å². The van der Waals surface area contributed by atoms with Gasteiger partial charge in [-0.1, -0.05) is 42.5 Å². The maximum Gasteiger partial charge on any atom is 0.416 e. The van der Waals surface area contributed by atoms with Crippen LogP contribution in [0.2, 0.25) is 0 Å². The molecule has 4 rings (SSSR count). The lowest BCUT2D eigenvalue weighted by Gasteiger charge is -2.37. The van der Waals surface area contributed by atoms with Crippen LogP contribution in [-0.4, -0.2) is 19.0 Å². The Bertz CT molecular complexity index is 1670. The van der Waals surface area contributed by atoms with Crippen LogP contribution in [0, 0.1) is 11.6 Å². The summed E-state index contributed by atoms with van der Waals surface area (Å²) < 4.78 is 117. The van der Waals surface area contributed by atoms with E-state index in [1.165, 1.54) is 7.05 Å². The van der Waals surface area contributed by atoms with Crippen molar-refractivity contribution in [3.63, 3.8) is 0 Å². The fourth-order valence-electron chi connectivity index (χ4n) is 4.56. The first kappa shape index (κ1) is 32.0. The summed E-state index contributed by atoms with van der Waals surface area (Å²) in [5.74, 6) is -4.28. The number of ether oxygens (including phenoxy) is 1. The molecule has 1 unspecified atom stereocenters. The summed E-state index contributed by atoms with van der Waals surface area (Å²) in [6.07, 6.45) is -11.4. The maximum absolute atomic E-state index is 14.9. The second-order valence-corrected chi connectivity index (χ2v) is 9.61. The van der Waals surface area contributed by atoms with E-state index in [2.05, 4.69) is 10.6 Å². The zero-order valence-electron chi connectivity index (χ0n) is 22.6. The van der Waals surface area contributed by atoms with Crippen LogP contribution in [-0.2, 0) is 24.3 Å². The topological polar surface area (TPSA) is 67.4 Å². The van der Waals surface area contributed by atoms with Crippen LogP contribution in [0.3, 0.4) is 0 Å². The van der Waals surface area contributed by atoms with Crippen LogP contribution in [0.15, 0.2) is 91.0 Å². The summed E-state index contributed by atoms with van der Waals surface area (Å²) >= 11 is 0. The average molecular weight is 623 g/mol. The van der Waals surface area contributed by atoms with Gasteiger partial charge >= 0.3 is 18.4 Å². The number of carbonyl (C=O) groups excluding carboxylic acids is 2. The molecule has 0 radical (unpaired) electrons. The fraction of sp³-hybridized carbons (Fsp3) is 0.161. The summed E-state index contributed by atoms with van der Waals surface area (Å²) in [5.41, 5.74) is -5.59. The van der Waals surface area contributed by atoms with Gasteiger partial charge in [0.25, 0.3) is 5.91 Å². The molecule has 0 saturated carbocycles. The minimum Gasteiger partial charge on any atom is -0.407 e. The number of hydrogen-bond donors (Lipinski definition) is 2. The van der Waals surface area contributed by atoms with Crippen LogP contribution < -0.4 is 15.4 Å². The first-order valence-electron chi connectivity index (χ1n) is 12.7. The highest BCUT2D eigenvalue weighted by molar-refractivity contribution is 5.95. The lowest BCUT2D eigenvalue weighted by molar-refractivity contribution is -0.138. The number of rotatable bonds is 7. The quantitative estimate of drug-likeness (QED) is 0.208. The Morgan fingerprint density at radius 1 is 0.705 bits per heavy atom. The van der Waals surface area contributed by atoms with E-state index in [0.717, 1.165) is 36.4 Å². The summed E-state index contributed by atoms with van der Waals surface area (Å²) in [4.78, 5) is 25.5. The Morgan fingerprint density at radius 2 is 1.36 bits per heavy atom. The first-order chi connectivity index (χ1) is 20.6. The SMILES string of the molecule is CNC(=O)Oc1cc(C(Cc2ccccc2)(NC(=O)c2cccc(C(F)(F)F)c2)c2cc(F)cc(C(F)(F)F)c2)ccc1F. The molecule has 0 aliphatic carbocycles. The van der Waals surface area contributed by atoms with Crippen LogP contribution in [0.4, 0.5) is 39.9 Å². The van der Waals surface area contributed by atoms with Gasteiger partial charge in [0.15, 0.2) is 11.6 Å². The predicted molar refractivity (Wildman–Crippen MR) is 143 cm³/mol. The molecule has 0 saturated heterocycles. The standard InChI is InChI=1S/C31H22F8N2O3/c1-40-28(43)44-26-16-20(10-11-25(26)33)29(17-18-6-3-2-4-7-18,22-13-23(31(37,38)39)15-24(32)14-22)41-27(42)19-8-5-9-21(12-19)30(34,35)36/h2-16H,17H2,1H3,(H,40,43)(H,41,42). The fourth-order valence-corrected chi connectivity index (χ4v) is 4.56. The predicted octanol–water partition coefficient (Wildman–Crippen LogP) is 7.64. The number of carbonyl (C=O) groups is 2. The van der Waals surface area contributed by atoms with Crippen molar-refractivity contribution in [2.75, 3.05) is 7.05 Å². The second-order valence-electron chi connectivity index (χ2n) is 9.61. The van der Waals surface area contributed by atoms with E-state index >= 15 is 0 Å². The largest absolute Gasteiger partial charge is 0.416 e. The molecule has 2 N–H and O–H groups in total. The lowest BCUT2D eigenvalue weighted by atomic mass is 9.77. The number of benzene rings is 4. The van der Waals surface area contributed by atoms with Crippen molar-refractivity contribution in [3.8, 4) is 5.75 Å². The van der Waals surface area contributed by atoms with Crippen molar-refractivity contribution in [3.05, 3.63) is 136 Å². The van der Waals surface area contributed by atoms with Crippen LogP contribution in [0.1, 0.15) is 38.2 Å². The Morgan fingerprint density at radius 3 is 2.00 bits per heavy atom. The van der Waals surface area contributed by atoms with Gasteiger partial charge in [-0.15, -0.1) is 0 Å². The molecule has 0 spiro atoms. The smallest absolute Gasteiger partial charge is 0.407 e. The molecule has 4 aromatic carbocycles. The van der Waals surface area contributed by atoms with Crippen molar-refractivity contribution in [2.45, 2.75) is 24.3 Å². The maximum atomic E-state index is 14.9. The number of amides is 2. The summed E-state index contributed by atoms with van der Waals surface area (Å²) in [5, 5.41) is 4.62. The Labute approximate surface area is 245 Å². The van der Waals surface area contributed by atoms with Gasteiger partial charge in [-0.2, -0.15) is 26.3 Å². The lowest BCUT2D eigenvalue weighted by Crippen LogP contribution is -2.49. The zero-order chi connectivity index (χ0) is 32.3. The van der Waals surface area contributed by atoms with Gasteiger partial charge < -0.3 is 15.4 Å². The highest BCUT2D eigenvalue weighted by atomic mass is 19.4. The molecule has 13 heteroatoms. The van der Waals surface area contributed by atoms with Crippen molar-refractivity contribution >= 4 is 12.0 Å². The molecular formula is C31H22F8N2O3. The van der Waals surface area contributed by atoms with E-state index in [0.29, 0.717) is 23.8 Å². The molecule has 0 aliphatic rings. The number of hydrogen-bond acceptors (Lipinski definition) is 3. The van der Waals surface area contributed by atoms with E-state index in [-0.39, 0.29) is 11.6 Å². The number of alkyl halides is 6. The van der Waals surface area contributed by atoms with Crippen LogP contribution in [0.25, 0.3) is 0 Å². The van der Waals surface area contributed by atoms with Crippen molar-refractivity contribution in [1.82, 2.24) is 10.6 Å². The van der Waals surface area contributed by atoms with E-state index in [1.807, 2.05) is 0 Å². The van der Waals surface area contributed by atoms with Gasteiger partial charge in [0.05, 0.1) is 16.7 Å². The van der Waals surface area contributed by atoms with Gasteiger partial charge in [0.2, 0.25) is 0 Å². The molecule has 4 aromatic rings. The van der Waals surface area contributed by atoms with Crippen molar-refractivity contribution < 1.29 is 49.4 Å². The van der Waals surface area contributed by atoms with Gasteiger partial charge in [-0.25, -0.2) is 13.6 Å². The molecule has 44 heavy (non-hydrogen) atoms. The van der Waals surface area contributed by atoms with Gasteiger partial charge in [0.1, 0.15) is 5.82 Å². The number of halogens is 8. The highest BCUT2D eigenvalue weighted by Gasteiger charge is 2.41. The molecule has 0 bridgehead atoms. The first-order valence-corrected chi connectivity index (χ1v) is 12.7. The number of nitrogens with one attached hydrogen (secondary N) is 2. The Balaban J connectivity index is 2.03. The molecule has 2 amide bonds. The second kappa shape index (κ2) is 12.3. The molecule has 1 atom stereocenters. The normalized spacial score (nSPS) is 13.1. The zero-order valence-corrected chi connectivity index (χ0v) is 22.6. The molecule has 0 fully saturated rings. The Hall–Kier alpha value is -4.94. The molecular weight excluding hydrogens is 600 g/mol. The van der Waals surface area contributed by atoms with Gasteiger partial charge in [0, 0.05) is 19.0 Å². The summed E-state index contributed by atoms with van der Waals surface area (Å²) in [6.45, 7) is 0. The monoisotopic (exact) mass is 622 g/mol. The van der Waals surface area contributed by atoms with E-state index in [1.54, 1.807) is 30.3 Å². The average Bonchev–Trinajstić information content (AvgIpc) is 2.97. The van der Waals surface area contributed by atoms with Crippen molar-refractivity contribution in [1.29, 1.82) is 0 Å². The summed E-state index contributed by atoms with van der Waals surface area (Å²) in [6, 6.07) is 15.5. The van der Waals surface area contributed by atoms with E-state index in [4.69, 9.17) is 4.74 Å². The van der Waals surface area contributed by atoms with Crippen molar-refractivity contribution in [2.24, 2.45) is 0 Å². The highest BCUT2D eigenvalue weighted by Crippen LogP contribution is 2.40. The molecule has 0 aliphatic heterocycles.